The maximum absolute atomic E-state index is 5.79. The third-order valence-electron chi connectivity index (χ3n) is 3.14. The van der Waals surface area contributed by atoms with Crippen LogP contribution in [-0.2, 0) is 14.2 Å². The summed E-state index contributed by atoms with van der Waals surface area (Å²) in [5, 5.41) is 3.41. The van der Waals surface area contributed by atoms with E-state index in [-0.39, 0.29) is 0 Å². The molecule has 0 amide bonds. The summed E-state index contributed by atoms with van der Waals surface area (Å²) in [6.07, 6.45) is 1.49. The summed E-state index contributed by atoms with van der Waals surface area (Å²) in [4.78, 5) is 0. The molecule has 0 radical (unpaired) electrons. The fraction of sp³-hybridized carbons (Fsp3) is 1.00. The molecule has 1 aliphatic heterocycles. The molecule has 3 atom stereocenters. The molecule has 1 aliphatic rings. The van der Waals surface area contributed by atoms with Gasteiger partial charge in [-0.3, -0.25) is 0 Å². The Bertz CT molecular complexity index is 178. The van der Waals surface area contributed by atoms with Crippen molar-refractivity contribution in [2.24, 2.45) is 11.8 Å². The van der Waals surface area contributed by atoms with E-state index in [0.717, 1.165) is 39.3 Å². The molecule has 4 nitrogen and oxygen atoms in total. The minimum Gasteiger partial charge on any atom is -0.384 e. The molecule has 0 aliphatic carbocycles. The standard InChI is InChI=1S/C12H25NO3/c1-10(9-15-3)12-11(4-6-16-12)8-13-5-7-14-2/h10-13H,4-9H2,1-3H3. The molecule has 1 rings (SSSR count). The van der Waals surface area contributed by atoms with Gasteiger partial charge in [0.15, 0.2) is 0 Å². The van der Waals surface area contributed by atoms with E-state index in [1.54, 1.807) is 14.2 Å². The van der Waals surface area contributed by atoms with Gasteiger partial charge < -0.3 is 19.5 Å². The molecule has 0 aromatic heterocycles. The topological polar surface area (TPSA) is 39.7 Å². The van der Waals surface area contributed by atoms with E-state index in [1.807, 2.05) is 0 Å². The van der Waals surface area contributed by atoms with Crippen LogP contribution < -0.4 is 5.32 Å². The minimum absolute atomic E-state index is 0.343. The van der Waals surface area contributed by atoms with Crippen molar-refractivity contribution in [1.82, 2.24) is 5.32 Å². The maximum Gasteiger partial charge on any atom is 0.0663 e. The van der Waals surface area contributed by atoms with Crippen molar-refractivity contribution in [1.29, 1.82) is 0 Å². The van der Waals surface area contributed by atoms with Gasteiger partial charge in [0.25, 0.3) is 0 Å². The molecule has 0 spiro atoms. The summed E-state index contributed by atoms with van der Waals surface area (Å²) in [6, 6.07) is 0. The van der Waals surface area contributed by atoms with Crippen LogP contribution in [-0.4, -0.2) is 53.2 Å². The zero-order valence-corrected chi connectivity index (χ0v) is 10.7. The smallest absolute Gasteiger partial charge is 0.0663 e. The zero-order valence-electron chi connectivity index (χ0n) is 10.7. The molecule has 1 N–H and O–H groups in total. The Labute approximate surface area is 98.6 Å². The Morgan fingerprint density at radius 3 is 2.88 bits per heavy atom. The Balaban J connectivity index is 2.23. The largest absolute Gasteiger partial charge is 0.384 e. The highest BCUT2D eigenvalue weighted by atomic mass is 16.5. The minimum atomic E-state index is 0.343. The second kappa shape index (κ2) is 8.01. The summed E-state index contributed by atoms with van der Waals surface area (Å²) < 4.78 is 16.0. The van der Waals surface area contributed by atoms with Gasteiger partial charge in [-0.05, 0) is 6.42 Å². The second-order valence-electron chi connectivity index (χ2n) is 4.51. The number of nitrogens with one attached hydrogen (secondary N) is 1. The van der Waals surface area contributed by atoms with Gasteiger partial charge in [-0.2, -0.15) is 0 Å². The Hall–Kier alpha value is -0.160. The van der Waals surface area contributed by atoms with Gasteiger partial charge in [0.05, 0.1) is 19.3 Å². The highest BCUT2D eigenvalue weighted by Gasteiger charge is 2.32. The van der Waals surface area contributed by atoms with Crippen molar-refractivity contribution < 1.29 is 14.2 Å². The van der Waals surface area contributed by atoms with Crippen molar-refractivity contribution in [2.45, 2.75) is 19.4 Å². The molecule has 0 saturated carbocycles. The average Bonchev–Trinajstić information content (AvgIpc) is 2.73. The van der Waals surface area contributed by atoms with E-state index >= 15 is 0 Å². The monoisotopic (exact) mass is 231 g/mol. The molecule has 1 saturated heterocycles. The predicted octanol–water partition coefficient (Wildman–Crippen LogP) is 0.910. The van der Waals surface area contributed by atoms with Crippen molar-refractivity contribution in [3.63, 3.8) is 0 Å². The van der Waals surface area contributed by atoms with E-state index < -0.39 is 0 Å². The van der Waals surface area contributed by atoms with Crippen LogP contribution in [0, 0.1) is 11.8 Å². The first kappa shape index (κ1) is 13.9. The van der Waals surface area contributed by atoms with Gasteiger partial charge in [0.2, 0.25) is 0 Å². The molecular formula is C12H25NO3. The number of methoxy groups -OCH3 is 2. The molecule has 3 unspecified atom stereocenters. The lowest BCUT2D eigenvalue weighted by Crippen LogP contribution is -2.35. The molecule has 96 valence electrons. The highest BCUT2D eigenvalue weighted by molar-refractivity contribution is 4.81. The van der Waals surface area contributed by atoms with Gasteiger partial charge >= 0.3 is 0 Å². The molecule has 0 bridgehead atoms. The first-order valence-corrected chi connectivity index (χ1v) is 6.09. The SMILES string of the molecule is COCCNCC1CCOC1C(C)COC. The first-order valence-electron chi connectivity index (χ1n) is 6.09. The quantitative estimate of drug-likeness (QED) is 0.630. The Morgan fingerprint density at radius 1 is 1.38 bits per heavy atom. The van der Waals surface area contributed by atoms with E-state index in [4.69, 9.17) is 14.2 Å². The Morgan fingerprint density at radius 2 is 2.19 bits per heavy atom. The third-order valence-corrected chi connectivity index (χ3v) is 3.14. The summed E-state index contributed by atoms with van der Waals surface area (Å²) in [5.74, 6) is 1.09. The zero-order chi connectivity index (χ0) is 11.8. The lowest BCUT2D eigenvalue weighted by Gasteiger charge is -2.24. The normalized spacial score (nSPS) is 27.2. The van der Waals surface area contributed by atoms with Crippen LogP contribution in [0.25, 0.3) is 0 Å². The maximum atomic E-state index is 5.79. The average molecular weight is 231 g/mol. The lowest BCUT2D eigenvalue weighted by molar-refractivity contribution is 0.0140. The van der Waals surface area contributed by atoms with E-state index in [9.17, 15) is 0 Å². The molecular weight excluding hydrogens is 206 g/mol. The molecule has 1 heterocycles. The number of hydrogen-bond donors (Lipinski definition) is 1. The fourth-order valence-corrected chi connectivity index (χ4v) is 2.32. The predicted molar refractivity (Wildman–Crippen MR) is 63.6 cm³/mol. The van der Waals surface area contributed by atoms with Gasteiger partial charge in [-0.1, -0.05) is 6.92 Å². The van der Waals surface area contributed by atoms with Crippen molar-refractivity contribution in [3.05, 3.63) is 0 Å². The third kappa shape index (κ3) is 4.37. The van der Waals surface area contributed by atoms with Gasteiger partial charge in [-0.25, -0.2) is 0 Å². The van der Waals surface area contributed by atoms with Crippen LogP contribution in [0.15, 0.2) is 0 Å². The molecule has 16 heavy (non-hydrogen) atoms. The second-order valence-corrected chi connectivity index (χ2v) is 4.51. The fourth-order valence-electron chi connectivity index (χ4n) is 2.32. The van der Waals surface area contributed by atoms with Crippen molar-refractivity contribution in [3.8, 4) is 0 Å². The van der Waals surface area contributed by atoms with Crippen LogP contribution in [0.5, 0.6) is 0 Å². The van der Waals surface area contributed by atoms with Crippen LogP contribution in [0.4, 0.5) is 0 Å². The molecule has 1 fully saturated rings. The lowest BCUT2D eigenvalue weighted by atomic mass is 9.92. The number of hydrogen-bond acceptors (Lipinski definition) is 4. The summed E-state index contributed by atoms with van der Waals surface area (Å²) in [6.45, 7) is 6.56. The van der Waals surface area contributed by atoms with Gasteiger partial charge in [-0.15, -0.1) is 0 Å². The van der Waals surface area contributed by atoms with Gasteiger partial charge in [0, 0.05) is 45.8 Å². The first-order chi connectivity index (χ1) is 7.79. The number of rotatable bonds is 8. The molecule has 0 aromatic rings. The van der Waals surface area contributed by atoms with Gasteiger partial charge in [0.1, 0.15) is 0 Å². The van der Waals surface area contributed by atoms with Crippen LogP contribution in [0.1, 0.15) is 13.3 Å². The van der Waals surface area contributed by atoms with E-state index in [1.165, 1.54) is 0 Å². The van der Waals surface area contributed by atoms with E-state index in [2.05, 4.69) is 12.2 Å². The van der Waals surface area contributed by atoms with Crippen LogP contribution in [0.3, 0.4) is 0 Å². The van der Waals surface area contributed by atoms with Crippen LogP contribution in [0.2, 0.25) is 0 Å². The molecule has 4 heteroatoms. The summed E-state index contributed by atoms with van der Waals surface area (Å²) in [5.41, 5.74) is 0. The van der Waals surface area contributed by atoms with Crippen molar-refractivity contribution in [2.75, 3.05) is 47.1 Å². The van der Waals surface area contributed by atoms with Crippen LogP contribution >= 0.6 is 0 Å². The van der Waals surface area contributed by atoms with E-state index in [0.29, 0.717) is 17.9 Å². The highest BCUT2D eigenvalue weighted by Crippen LogP contribution is 2.26. The molecule has 0 aromatic carbocycles. The number of ether oxygens (including phenoxy) is 3. The summed E-state index contributed by atoms with van der Waals surface area (Å²) >= 11 is 0. The van der Waals surface area contributed by atoms with Crippen molar-refractivity contribution >= 4 is 0 Å². The summed E-state index contributed by atoms with van der Waals surface area (Å²) in [7, 11) is 3.47. The Kier molecular flexibility index (Phi) is 6.96.